The zero-order valence-electron chi connectivity index (χ0n) is 8.80. The van der Waals surface area contributed by atoms with Crippen LogP contribution >= 0.6 is 0 Å². The number of para-hydroxylation sites is 1. The molecule has 82 valence electrons. The Labute approximate surface area is 91.9 Å². The van der Waals surface area contributed by atoms with E-state index in [0.717, 1.165) is 0 Å². The Morgan fingerprint density at radius 1 is 1.44 bits per heavy atom. The minimum atomic E-state index is -0.576. The Balaban J connectivity index is 2.76. The molecule has 0 unspecified atom stereocenters. The van der Waals surface area contributed by atoms with Crippen molar-refractivity contribution in [2.24, 2.45) is 4.99 Å². The van der Waals surface area contributed by atoms with E-state index in [2.05, 4.69) is 4.99 Å². The molecule has 0 atom stereocenters. The normalized spacial score (nSPS) is 11.3. The number of aliphatic imine (C=N–C) groups is 1. The van der Waals surface area contributed by atoms with Crippen LogP contribution in [0, 0.1) is 0 Å². The molecule has 1 aromatic carbocycles. The third kappa shape index (κ3) is 1.69. The number of hydrogen-bond acceptors (Lipinski definition) is 4. The van der Waals surface area contributed by atoms with Crippen molar-refractivity contribution in [3.63, 3.8) is 0 Å². The summed E-state index contributed by atoms with van der Waals surface area (Å²) in [6, 6.07) is 6.83. The summed E-state index contributed by atoms with van der Waals surface area (Å²) >= 11 is 0. The van der Waals surface area contributed by atoms with Crippen LogP contribution in [0.2, 0.25) is 0 Å². The zero-order valence-corrected chi connectivity index (χ0v) is 8.80. The van der Waals surface area contributed by atoms with Crippen molar-refractivity contribution in [2.75, 3.05) is 6.54 Å². The van der Waals surface area contributed by atoms with Gasteiger partial charge in [-0.25, -0.2) is 4.79 Å². The van der Waals surface area contributed by atoms with Crippen LogP contribution in [0.15, 0.2) is 38.5 Å². The minimum absolute atomic E-state index is 0.0796. The second-order valence-electron chi connectivity index (χ2n) is 3.28. The summed E-state index contributed by atoms with van der Waals surface area (Å²) in [5, 5.41) is 10.4. The lowest BCUT2D eigenvalue weighted by atomic mass is 10.1. The van der Waals surface area contributed by atoms with E-state index in [1.165, 1.54) is 6.21 Å². The summed E-state index contributed by atoms with van der Waals surface area (Å²) in [6.07, 6.45) is 1.34. The van der Waals surface area contributed by atoms with E-state index in [1.54, 1.807) is 24.3 Å². The van der Waals surface area contributed by atoms with Crippen LogP contribution in [0.5, 0.6) is 5.75 Å². The average molecular weight is 217 g/mol. The van der Waals surface area contributed by atoms with Crippen molar-refractivity contribution in [1.29, 1.82) is 0 Å². The number of rotatable bonds is 2. The Morgan fingerprint density at radius 2 is 2.19 bits per heavy atom. The molecule has 0 fully saturated rings. The van der Waals surface area contributed by atoms with Crippen LogP contribution < -0.4 is 5.63 Å². The lowest BCUT2D eigenvalue weighted by Crippen LogP contribution is -2.07. The van der Waals surface area contributed by atoms with E-state index in [4.69, 9.17) is 4.42 Å². The van der Waals surface area contributed by atoms with Crippen LogP contribution in [0.25, 0.3) is 11.0 Å². The van der Waals surface area contributed by atoms with Crippen LogP contribution in [0.3, 0.4) is 0 Å². The van der Waals surface area contributed by atoms with Crippen molar-refractivity contribution < 1.29 is 9.52 Å². The van der Waals surface area contributed by atoms with Gasteiger partial charge in [-0.15, -0.1) is 0 Å². The topological polar surface area (TPSA) is 62.8 Å². The van der Waals surface area contributed by atoms with E-state index < -0.39 is 5.63 Å². The maximum atomic E-state index is 11.5. The molecule has 0 bridgehead atoms. The van der Waals surface area contributed by atoms with Crippen LogP contribution in [0.4, 0.5) is 0 Å². The van der Waals surface area contributed by atoms with Gasteiger partial charge in [0.05, 0.1) is 5.39 Å². The van der Waals surface area contributed by atoms with Crippen molar-refractivity contribution in [1.82, 2.24) is 0 Å². The molecule has 1 heterocycles. The lowest BCUT2D eigenvalue weighted by molar-refractivity contribution is 0.466. The Bertz CT molecular complexity index is 599. The Kier molecular flexibility index (Phi) is 2.72. The molecule has 0 aliphatic heterocycles. The first-order chi connectivity index (χ1) is 7.74. The van der Waals surface area contributed by atoms with Crippen molar-refractivity contribution in [2.45, 2.75) is 6.92 Å². The van der Waals surface area contributed by atoms with Gasteiger partial charge in [0.2, 0.25) is 0 Å². The SMILES string of the molecule is CCN=Cc1c(O)c2ccccc2oc1=O. The summed E-state index contributed by atoms with van der Waals surface area (Å²) < 4.78 is 5.06. The van der Waals surface area contributed by atoms with E-state index >= 15 is 0 Å². The molecule has 4 heteroatoms. The molecule has 1 N–H and O–H groups in total. The average Bonchev–Trinajstić information content (AvgIpc) is 2.29. The van der Waals surface area contributed by atoms with Gasteiger partial charge in [0.25, 0.3) is 0 Å². The predicted octanol–water partition coefficient (Wildman–Crippen LogP) is 1.94. The number of aromatic hydroxyl groups is 1. The first kappa shape index (κ1) is 10.4. The molecular weight excluding hydrogens is 206 g/mol. The second kappa shape index (κ2) is 4.18. The van der Waals surface area contributed by atoms with Gasteiger partial charge < -0.3 is 9.52 Å². The van der Waals surface area contributed by atoms with E-state index in [0.29, 0.717) is 17.5 Å². The van der Waals surface area contributed by atoms with Crippen molar-refractivity contribution >= 4 is 17.2 Å². The standard InChI is InChI=1S/C12H11NO3/c1-2-13-7-9-11(14)8-5-3-4-6-10(8)16-12(9)15/h3-7,14H,2H2,1H3. The monoisotopic (exact) mass is 217 g/mol. The number of hydrogen-bond donors (Lipinski definition) is 1. The highest BCUT2D eigenvalue weighted by molar-refractivity contribution is 5.93. The van der Waals surface area contributed by atoms with E-state index in [-0.39, 0.29) is 11.3 Å². The first-order valence-electron chi connectivity index (χ1n) is 4.98. The molecule has 0 saturated carbocycles. The smallest absolute Gasteiger partial charge is 0.348 e. The van der Waals surface area contributed by atoms with Gasteiger partial charge in [0.1, 0.15) is 16.9 Å². The summed E-state index contributed by atoms with van der Waals surface area (Å²) in [6.45, 7) is 2.39. The molecule has 4 nitrogen and oxygen atoms in total. The molecule has 2 aromatic rings. The fourth-order valence-corrected chi connectivity index (χ4v) is 1.44. The minimum Gasteiger partial charge on any atom is -0.506 e. The molecule has 0 spiro atoms. The first-order valence-corrected chi connectivity index (χ1v) is 4.98. The van der Waals surface area contributed by atoms with E-state index in [1.807, 2.05) is 6.92 Å². The Morgan fingerprint density at radius 3 is 2.94 bits per heavy atom. The van der Waals surface area contributed by atoms with Gasteiger partial charge in [-0.05, 0) is 19.1 Å². The van der Waals surface area contributed by atoms with E-state index in [9.17, 15) is 9.90 Å². The summed E-state index contributed by atoms with van der Waals surface area (Å²) in [5.74, 6) is -0.0796. The van der Waals surface area contributed by atoms with Crippen LogP contribution in [-0.2, 0) is 0 Å². The fourth-order valence-electron chi connectivity index (χ4n) is 1.44. The van der Waals surface area contributed by atoms with Gasteiger partial charge in [-0.2, -0.15) is 0 Å². The molecule has 0 radical (unpaired) electrons. The largest absolute Gasteiger partial charge is 0.506 e. The fraction of sp³-hybridized carbons (Fsp3) is 0.167. The highest BCUT2D eigenvalue weighted by Gasteiger charge is 2.10. The highest BCUT2D eigenvalue weighted by atomic mass is 16.4. The van der Waals surface area contributed by atoms with Gasteiger partial charge >= 0.3 is 5.63 Å². The van der Waals surface area contributed by atoms with Gasteiger partial charge in [-0.1, -0.05) is 12.1 Å². The summed E-state index contributed by atoms with van der Waals surface area (Å²) in [7, 11) is 0. The highest BCUT2D eigenvalue weighted by Crippen LogP contribution is 2.24. The lowest BCUT2D eigenvalue weighted by Gasteiger charge is -2.01. The second-order valence-corrected chi connectivity index (χ2v) is 3.28. The number of nitrogens with zero attached hydrogens (tertiary/aromatic N) is 1. The predicted molar refractivity (Wildman–Crippen MR) is 62.3 cm³/mol. The zero-order chi connectivity index (χ0) is 11.5. The maximum Gasteiger partial charge on any atom is 0.348 e. The molecule has 0 aliphatic carbocycles. The third-order valence-electron chi connectivity index (χ3n) is 2.22. The van der Waals surface area contributed by atoms with Crippen molar-refractivity contribution in [3.8, 4) is 5.75 Å². The van der Waals surface area contributed by atoms with Gasteiger partial charge in [0.15, 0.2) is 0 Å². The summed E-state index contributed by atoms with van der Waals surface area (Å²) in [5.41, 5.74) is -0.104. The maximum absolute atomic E-state index is 11.5. The molecule has 2 rings (SSSR count). The molecule has 16 heavy (non-hydrogen) atoms. The molecular formula is C12H11NO3. The van der Waals surface area contributed by atoms with Gasteiger partial charge in [-0.3, -0.25) is 4.99 Å². The Hall–Kier alpha value is -2.10. The van der Waals surface area contributed by atoms with Crippen LogP contribution in [-0.4, -0.2) is 17.9 Å². The van der Waals surface area contributed by atoms with Crippen LogP contribution in [0.1, 0.15) is 12.5 Å². The number of benzene rings is 1. The third-order valence-corrected chi connectivity index (χ3v) is 2.22. The molecule has 0 aliphatic rings. The quantitative estimate of drug-likeness (QED) is 0.617. The molecule has 0 saturated heterocycles. The number of fused-ring (bicyclic) bond motifs is 1. The summed E-state index contributed by atoms with van der Waals surface area (Å²) in [4.78, 5) is 15.5. The molecule has 1 aromatic heterocycles. The van der Waals surface area contributed by atoms with Crippen molar-refractivity contribution in [3.05, 3.63) is 40.2 Å². The van der Waals surface area contributed by atoms with Gasteiger partial charge in [0, 0.05) is 12.8 Å². The molecule has 0 amide bonds.